The van der Waals surface area contributed by atoms with E-state index in [1.54, 1.807) is 12.1 Å². The van der Waals surface area contributed by atoms with Crippen LogP contribution in [0.25, 0.3) is 22.2 Å². The fourth-order valence-electron chi connectivity index (χ4n) is 4.12. The summed E-state index contributed by atoms with van der Waals surface area (Å²) in [5, 5.41) is 30.8. The smallest absolute Gasteiger partial charge is 0.408 e. The normalized spacial score (nSPS) is 18.2. The molecular formula is C23H23F3N2O5. The van der Waals surface area contributed by atoms with Gasteiger partial charge < -0.3 is 30.4 Å². The van der Waals surface area contributed by atoms with E-state index >= 15 is 0 Å². The number of aromatic amines is 1. The molecule has 0 radical (unpaired) electrons. The number of aliphatic hydroxyl groups excluding tert-OH is 3. The number of rotatable bonds is 7. The molecule has 4 rings (SSSR count). The van der Waals surface area contributed by atoms with Crippen LogP contribution in [0.3, 0.4) is 0 Å². The highest BCUT2D eigenvalue weighted by Gasteiger charge is 2.38. The van der Waals surface area contributed by atoms with Crippen molar-refractivity contribution in [1.82, 2.24) is 10.3 Å². The molecule has 0 aliphatic heterocycles. The zero-order valence-corrected chi connectivity index (χ0v) is 17.4. The predicted molar refractivity (Wildman–Crippen MR) is 113 cm³/mol. The summed E-state index contributed by atoms with van der Waals surface area (Å²) in [6, 6.07) is 7.33. The number of nitrogens with one attached hydrogen (secondary N) is 2. The van der Waals surface area contributed by atoms with Crippen molar-refractivity contribution < 1.29 is 38.0 Å². The van der Waals surface area contributed by atoms with Crippen molar-refractivity contribution >= 4 is 17.0 Å². The van der Waals surface area contributed by atoms with Gasteiger partial charge in [-0.25, -0.2) is 18.0 Å². The molecule has 2 aromatic carbocycles. The Morgan fingerprint density at radius 3 is 2.27 bits per heavy atom. The van der Waals surface area contributed by atoms with Gasteiger partial charge >= 0.3 is 6.09 Å². The molecule has 1 aromatic heterocycles. The van der Waals surface area contributed by atoms with Crippen molar-refractivity contribution in [2.45, 2.75) is 30.4 Å². The van der Waals surface area contributed by atoms with Crippen molar-refractivity contribution in [2.24, 2.45) is 0 Å². The summed E-state index contributed by atoms with van der Waals surface area (Å²) in [5.41, 5.74) is 0.156. The number of benzene rings is 2. The van der Waals surface area contributed by atoms with Crippen LogP contribution < -0.4 is 5.32 Å². The topological polar surface area (TPSA) is 115 Å². The number of hydrogen-bond donors (Lipinski definition) is 5. The van der Waals surface area contributed by atoms with Gasteiger partial charge in [0.1, 0.15) is 17.5 Å². The Bertz CT molecular complexity index is 1150. The molecule has 5 N–H and O–H groups in total. The highest BCUT2D eigenvalue weighted by atomic mass is 19.1. The predicted octanol–water partition coefficient (Wildman–Crippen LogP) is 2.94. The summed E-state index contributed by atoms with van der Waals surface area (Å²) in [4.78, 5) is 15.1. The summed E-state index contributed by atoms with van der Waals surface area (Å²) < 4.78 is 46.8. The number of hydrogen-bond acceptors (Lipinski definition) is 5. The summed E-state index contributed by atoms with van der Waals surface area (Å²) >= 11 is 0. The van der Waals surface area contributed by atoms with E-state index in [0.717, 1.165) is 6.07 Å². The van der Waals surface area contributed by atoms with Crippen molar-refractivity contribution in [3.8, 4) is 11.3 Å². The number of alkyl carbamates (subject to hydrolysis) is 1. The maximum Gasteiger partial charge on any atom is 0.408 e. The molecule has 1 aliphatic rings. The third-order valence-electron chi connectivity index (χ3n) is 6.04. The molecule has 1 fully saturated rings. The van der Waals surface area contributed by atoms with Gasteiger partial charge in [-0.15, -0.1) is 0 Å². The fourth-order valence-corrected chi connectivity index (χ4v) is 4.12. The minimum Gasteiger partial charge on any atom is -0.436 e. The Labute approximate surface area is 186 Å². The fraction of sp³-hybridized carbons (Fsp3) is 0.348. The molecule has 0 unspecified atom stereocenters. The lowest BCUT2D eigenvalue weighted by molar-refractivity contribution is -0.0941. The number of aliphatic hydroxyl groups is 3. The molecule has 1 aliphatic carbocycles. The van der Waals surface area contributed by atoms with Crippen LogP contribution in [0.5, 0.6) is 0 Å². The second-order valence-electron chi connectivity index (χ2n) is 8.29. The van der Waals surface area contributed by atoms with Gasteiger partial charge in [-0.05, 0) is 60.2 Å². The third kappa shape index (κ3) is 4.41. The van der Waals surface area contributed by atoms with Crippen molar-refractivity contribution in [3.63, 3.8) is 0 Å². The number of ether oxygens (including phenoxy) is 1. The van der Waals surface area contributed by atoms with E-state index in [1.807, 2.05) is 0 Å². The van der Waals surface area contributed by atoms with Crippen LogP contribution in [-0.2, 0) is 4.74 Å². The van der Waals surface area contributed by atoms with Gasteiger partial charge in [0.25, 0.3) is 0 Å². The second-order valence-corrected chi connectivity index (χ2v) is 8.29. The van der Waals surface area contributed by atoms with E-state index in [9.17, 15) is 33.3 Å². The molecule has 3 aromatic rings. The molecule has 7 nitrogen and oxygen atoms in total. The van der Waals surface area contributed by atoms with Crippen molar-refractivity contribution in [1.29, 1.82) is 0 Å². The number of aromatic nitrogens is 1. The van der Waals surface area contributed by atoms with Gasteiger partial charge in [-0.2, -0.15) is 0 Å². The Balaban J connectivity index is 1.57. The van der Waals surface area contributed by atoms with Crippen molar-refractivity contribution in [3.05, 3.63) is 59.4 Å². The molecule has 1 amide bonds. The SMILES string of the molecule is O=C(NC1CC(c2c(-c3ccc(F)cc3)[nH]c3c(F)cc(F)cc23)C1)OC(CO)(CO)CO. The molecule has 1 saturated carbocycles. The minimum atomic E-state index is -1.80. The summed E-state index contributed by atoms with van der Waals surface area (Å²) in [5.74, 6) is -2.06. The lowest BCUT2D eigenvalue weighted by Gasteiger charge is -2.37. The Morgan fingerprint density at radius 1 is 1.03 bits per heavy atom. The second kappa shape index (κ2) is 9.05. The molecule has 0 bridgehead atoms. The number of fused-ring (bicyclic) bond motifs is 1. The summed E-state index contributed by atoms with van der Waals surface area (Å²) in [6.45, 7) is -2.27. The average Bonchev–Trinajstić information content (AvgIpc) is 3.14. The Kier molecular flexibility index (Phi) is 6.33. The lowest BCUT2D eigenvalue weighted by atomic mass is 9.74. The van der Waals surface area contributed by atoms with Gasteiger partial charge in [0, 0.05) is 17.5 Å². The van der Waals surface area contributed by atoms with Gasteiger partial charge in [-0.3, -0.25) is 0 Å². The summed E-state index contributed by atoms with van der Waals surface area (Å²) in [7, 11) is 0. The van der Waals surface area contributed by atoms with Gasteiger partial charge in [0.2, 0.25) is 0 Å². The molecule has 0 spiro atoms. The first-order valence-electron chi connectivity index (χ1n) is 10.4. The zero-order valence-electron chi connectivity index (χ0n) is 17.4. The average molecular weight is 464 g/mol. The van der Waals surface area contributed by atoms with E-state index in [-0.39, 0.29) is 17.5 Å². The monoisotopic (exact) mass is 464 g/mol. The van der Waals surface area contributed by atoms with Gasteiger partial charge in [-0.1, -0.05) is 0 Å². The quantitative estimate of drug-likeness (QED) is 0.369. The first kappa shape index (κ1) is 23.1. The van der Waals surface area contributed by atoms with E-state index in [4.69, 9.17) is 4.74 Å². The number of halogens is 3. The molecule has 176 valence electrons. The van der Waals surface area contributed by atoms with Gasteiger partial charge in [0.05, 0.1) is 31.0 Å². The maximum atomic E-state index is 14.4. The molecule has 0 atom stereocenters. The van der Waals surface area contributed by atoms with E-state index in [0.29, 0.717) is 35.0 Å². The molecule has 10 heteroatoms. The van der Waals surface area contributed by atoms with Crippen LogP contribution in [0, 0.1) is 17.5 Å². The maximum absolute atomic E-state index is 14.4. The van der Waals surface area contributed by atoms with Gasteiger partial charge in [0.15, 0.2) is 5.60 Å². The summed E-state index contributed by atoms with van der Waals surface area (Å²) in [6.07, 6.45) is -0.0530. The molecule has 0 saturated heterocycles. The first-order chi connectivity index (χ1) is 15.8. The lowest BCUT2D eigenvalue weighted by Crippen LogP contribution is -2.51. The highest BCUT2D eigenvalue weighted by Crippen LogP contribution is 2.45. The molecular weight excluding hydrogens is 441 g/mol. The Hall–Kier alpha value is -3.08. The first-order valence-corrected chi connectivity index (χ1v) is 10.4. The number of H-pyrrole nitrogens is 1. The van der Waals surface area contributed by atoms with Crippen LogP contribution in [-0.4, -0.2) is 57.9 Å². The van der Waals surface area contributed by atoms with Crippen LogP contribution in [0.4, 0.5) is 18.0 Å². The standard InChI is InChI=1S/C23H23F3N2O5/c24-14-3-1-12(2-4-14)20-19(17-7-15(25)8-18(26)21(17)28-20)13-5-16(6-13)27-22(32)33-23(9-29,10-30)11-31/h1-4,7-8,13,16,28-31H,5-6,9-11H2,(H,27,32). The van der Waals surface area contributed by atoms with Crippen LogP contribution in [0.1, 0.15) is 24.3 Å². The van der Waals surface area contributed by atoms with E-state index in [1.165, 1.54) is 18.2 Å². The Morgan fingerprint density at radius 2 is 1.67 bits per heavy atom. The zero-order chi connectivity index (χ0) is 23.8. The van der Waals surface area contributed by atoms with Crippen molar-refractivity contribution in [2.75, 3.05) is 19.8 Å². The van der Waals surface area contributed by atoms with Crippen LogP contribution in [0.15, 0.2) is 36.4 Å². The molecule has 1 heterocycles. The number of carbonyl (C=O) groups excluding carboxylic acids is 1. The minimum absolute atomic E-state index is 0.139. The third-order valence-corrected chi connectivity index (χ3v) is 6.04. The van der Waals surface area contributed by atoms with E-state index in [2.05, 4.69) is 10.3 Å². The van der Waals surface area contributed by atoms with E-state index < -0.39 is 49.0 Å². The largest absolute Gasteiger partial charge is 0.436 e. The molecule has 33 heavy (non-hydrogen) atoms. The highest BCUT2D eigenvalue weighted by molar-refractivity contribution is 5.92. The van der Waals surface area contributed by atoms with Crippen LogP contribution in [0.2, 0.25) is 0 Å². The van der Waals surface area contributed by atoms with Crippen LogP contribution >= 0.6 is 0 Å². The number of carbonyl (C=O) groups is 1. The number of amides is 1.